The number of aryl methyl sites for hydroxylation is 1. The van der Waals surface area contributed by atoms with Crippen molar-refractivity contribution < 1.29 is 17.9 Å². The van der Waals surface area contributed by atoms with Crippen molar-refractivity contribution in [3.8, 4) is 5.75 Å². The maximum Gasteiger partial charge on any atom is 0.262 e. The Morgan fingerprint density at radius 3 is 2.55 bits per heavy atom. The fourth-order valence-electron chi connectivity index (χ4n) is 1.86. The maximum absolute atomic E-state index is 11.9. The molecule has 2 rings (SSSR count). The van der Waals surface area contributed by atoms with Crippen LogP contribution in [0.3, 0.4) is 0 Å². The van der Waals surface area contributed by atoms with E-state index in [0.29, 0.717) is 11.4 Å². The van der Waals surface area contributed by atoms with Crippen molar-refractivity contribution in [2.24, 2.45) is 0 Å². The number of carbonyl (C=O) groups is 1. The van der Waals surface area contributed by atoms with Crippen molar-refractivity contribution in [1.82, 2.24) is 0 Å². The van der Waals surface area contributed by atoms with Crippen molar-refractivity contribution in [1.29, 1.82) is 0 Å². The average molecular weight is 319 g/mol. The zero-order valence-electron chi connectivity index (χ0n) is 12.4. The number of ether oxygens (including phenoxy) is 1. The van der Waals surface area contributed by atoms with Gasteiger partial charge in [0.15, 0.2) is 16.4 Å². The Bertz CT molecular complexity index is 784. The second-order valence-electron chi connectivity index (χ2n) is 4.90. The van der Waals surface area contributed by atoms with E-state index in [1.165, 1.54) is 12.1 Å². The molecule has 0 heterocycles. The molecule has 0 radical (unpaired) electrons. The van der Waals surface area contributed by atoms with Gasteiger partial charge in [0.2, 0.25) is 0 Å². The van der Waals surface area contributed by atoms with Crippen LogP contribution in [0.15, 0.2) is 53.4 Å². The van der Waals surface area contributed by atoms with E-state index < -0.39 is 9.84 Å². The zero-order chi connectivity index (χ0) is 16.2. The van der Waals surface area contributed by atoms with Crippen molar-refractivity contribution in [3.05, 3.63) is 54.1 Å². The molecule has 0 atom stereocenters. The summed E-state index contributed by atoms with van der Waals surface area (Å²) in [6, 6.07) is 13.5. The highest BCUT2D eigenvalue weighted by Gasteiger charge is 2.09. The standard InChI is InChI=1S/C16H17NO4S/c1-12-6-3-4-9-15(12)21-11-16(18)17-13-7-5-8-14(10-13)22(2,19)20/h3-10H,11H2,1-2H3,(H,17,18). The normalized spacial score (nSPS) is 11.0. The third-order valence-corrected chi connectivity index (χ3v) is 4.11. The molecule has 6 heteroatoms. The topological polar surface area (TPSA) is 72.5 Å². The molecule has 2 aromatic carbocycles. The smallest absolute Gasteiger partial charge is 0.262 e. The molecule has 0 saturated heterocycles. The van der Waals surface area contributed by atoms with Crippen molar-refractivity contribution >= 4 is 21.4 Å². The molecule has 0 aromatic heterocycles. The minimum absolute atomic E-state index is 0.145. The van der Waals surface area contributed by atoms with Crippen LogP contribution in [0, 0.1) is 6.92 Å². The van der Waals surface area contributed by atoms with Gasteiger partial charge in [-0.25, -0.2) is 8.42 Å². The van der Waals surface area contributed by atoms with E-state index in [0.717, 1.165) is 11.8 Å². The molecule has 0 saturated carbocycles. The van der Waals surface area contributed by atoms with Crippen LogP contribution < -0.4 is 10.1 Å². The lowest BCUT2D eigenvalue weighted by Crippen LogP contribution is -2.20. The van der Waals surface area contributed by atoms with Gasteiger partial charge in [-0.05, 0) is 36.8 Å². The second-order valence-corrected chi connectivity index (χ2v) is 6.92. The number of anilines is 1. The molecule has 0 spiro atoms. The Labute approximate surface area is 129 Å². The van der Waals surface area contributed by atoms with Gasteiger partial charge in [0.05, 0.1) is 4.90 Å². The number of amides is 1. The summed E-state index contributed by atoms with van der Waals surface area (Å²) in [5.74, 6) is 0.288. The third-order valence-electron chi connectivity index (χ3n) is 3.00. The number of rotatable bonds is 5. The van der Waals surface area contributed by atoms with Gasteiger partial charge in [0.25, 0.3) is 5.91 Å². The number of sulfone groups is 1. The summed E-state index contributed by atoms with van der Waals surface area (Å²) in [6.45, 7) is 1.75. The lowest BCUT2D eigenvalue weighted by Gasteiger charge is -2.10. The molecule has 2 aromatic rings. The monoisotopic (exact) mass is 319 g/mol. The van der Waals surface area contributed by atoms with E-state index in [1.807, 2.05) is 25.1 Å². The Morgan fingerprint density at radius 2 is 1.86 bits per heavy atom. The van der Waals surface area contributed by atoms with Gasteiger partial charge in [-0.1, -0.05) is 24.3 Å². The van der Waals surface area contributed by atoms with Crippen molar-refractivity contribution in [3.63, 3.8) is 0 Å². The van der Waals surface area contributed by atoms with Gasteiger partial charge in [-0.2, -0.15) is 0 Å². The van der Waals surface area contributed by atoms with E-state index in [4.69, 9.17) is 4.74 Å². The molecule has 116 valence electrons. The molecule has 0 fully saturated rings. The highest BCUT2D eigenvalue weighted by Crippen LogP contribution is 2.17. The molecule has 0 aliphatic rings. The maximum atomic E-state index is 11.9. The number of para-hydroxylation sites is 1. The molecular weight excluding hydrogens is 302 g/mol. The molecule has 1 N–H and O–H groups in total. The number of hydrogen-bond donors (Lipinski definition) is 1. The highest BCUT2D eigenvalue weighted by molar-refractivity contribution is 7.90. The molecular formula is C16H17NO4S. The van der Waals surface area contributed by atoms with Gasteiger partial charge in [0, 0.05) is 11.9 Å². The predicted octanol–water partition coefficient (Wildman–Crippen LogP) is 2.42. The SMILES string of the molecule is Cc1ccccc1OCC(=O)Nc1cccc(S(C)(=O)=O)c1. The molecule has 5 nitrogen and oxygen atoms in total. The van der Waals surface area contributed by atoms with Crippen LogP contribution in [0.25, 0.3) is 0 Å². The molecule has 22 heavy (non-hydrogen) atoms. The van der Waals surface area contributed by atoms with Crippen LogP contribution in [0.1, 0.15) is 5.56 Å². The largest absolute Gasteiger partial charge is 0.483 e. The van der Waals surface area contributed by atoms with Crippen LogP contribution in [0.5, 0.6) is 5.75 Å². The van der Waals surface area contributed by atoms with Crippen LogP contribution >= 0.6 is 0 Å². The average Bonchev–Trinajstić information content (AvgIpc) is 2.46. The minimum atomic E-state index is -3.30. The van der Waals surface area contributed by atoms with E-state index >= 15 is 0 Å². The first-order valence-corrected chi connectivity index (χ1v) is 8.54. The molecule has 0 aliphatic heterocycles. The number of carbonyl (C=O) groups excluding carboxylic acids is 1. The summed E-state index contributed by atoms with van der Waals surface area (Å²) in [5, 5.41) is 2.62. The Balaban J connectivity index is 2.00. The van der Waals surface area contributed by atoms with Gasteiger partial charge in [-0.15, -0.1) is 0 Å². The Kier molecular flexibility index (Phi) is 4.82. The lowest BCUT2D eigenvalue weighted by atomic mass is 10.2. The Morgan fingerprint density at radius 1 is 1.14 bits per heavy atom. The summed E-state index contributed by atoms with van der Waals surface area (Å²) < 4.78 is 28.4. The van der Waals surface area contributed by atoms with Gasteiger partial charge in [-0.3, -0.25) is 4.79 Å². The molecule has 0 unspecified atom stereocenters. The molecule has 0 bridgehead atoms. The quantitative estimate of drug-likeness (QED) is 0.918. The van der Waals surface area contributed by atoms with Crippen molar-refractivity contribution in [2.75, 3.05) is 18.2 Å². The number of benzene rings is 2. The fraction of sp³-hybridized carbons (Fsp3) is 0.188. The minimum Gasteiger partial charge on any atom is -0.483 e. The first-order chi connectivity index (χ1) is 10.4. The summed E-state index contributed by atoms with van der Waals surface area (Å²) in [6.07, 6.45) is 1.12. The van der Waals surface area contributed by atoms with E-state index in [2.05, 4.69) is 5.32 Å². The fourth-order valence-corrected chi connectivity index (χ4v) is 2.53. The number of nitrogens with one attached hydrogen (secondary N) is 1. The summed E-state index contributed by atoms with van der Waals surface area (Å²) in [7, 11) is -3.30. The highest BCUT2D eigenvalue weighted by atomic mass is 32.2. The van der Waals surface area contributed by atoms with Gasteiger partial charge >= 0.3 is 0 Å². The summed E-state index contributed by atoms with van der Waals surface area (Å²) in [4.78, 5) is 12.0. The van der Waals surface area contributed by atoms with Gasteiger partial charge in [0.1, 0.15) is 5.75 Å². The first-order valence-electron chi connectivity index (χ1n) is 6.64. The van der Waals surface area contributed by atoms with Crippen LogP contribution in [0.4, 0.5) is 5.69 Å². The van der Waals surface area contributed by atoms with Crippen LogP contribution in [-0.2, 0) is 14.6 Å². The number of hydrogen-bond acceptors (Lipinski definition) is 4. The lowest BCUT2D eigenvalue weighted by molar-refractivity contribution is -0.118. The van der Waals surface area contributed by atoms with E-state index in [-0.39, 0.29) is 17.4 Å². The molecule has 0 aliphatic carbocycles. The second kappa shape index (κ2) is 6.62. The van der Waals surface area contributed by atoms with Crippen LogP contribution in [0.2, 0.25) is 0 Å². The van der Waals surface area contributed by atoms with Gasteiger partial charge < -0.3 is 10.1 Å². The predicted molar refractivity (Wildman–Crippen MR) is 84.9 cm³/mol. The van der Waals surface area contributed by atoms with Crippen molar-refractivity contribution in [2.45, 2.75) is 11.8 Å². The third kappa shape index (κ3) is 4.33. The summed E-state index contributed by atoms with van der Waals surface area (Å²) >= 11 is 0. The molecule has 1 amide bonds. The zero-order valence-corrected chi connectivity index (χ0v) is 13.2. The Hall–Kier alpha value is -2.34. The first kappa shape index (κ1) is 16.0. The van der Waals surface area contributed by atoms with Crippen LogP contribution in [-0.4, -0.2) is 27.2 Å². The van der Waals surface area contributed by atoms with E-state index in [1.54, 1.807) is 18.2 Å². The summed E-state index contributed by atoms with van der Waals surface area (Å²) in [5.41, 5.74) is 1.36. The van der Waals surface area contributed by atoms with E-state index in [9.17, 15) is 13.2 Å².